The third-order valence-corrected chi connectivity index (χ3v) is 3.70. The van der Waals surface area contributed by atoms with Gasteiger partial charge < -0.3 is 16.0 Å². The summed E-state index contributed by atoms with van der Waals surface area (Å²) in [6.07, 6.45) is 0. The Hall–Kier alpha value is -2.50. The second-order valence-electron chi connectivity index (χ2n) is 5.12. The topological polar surface area (TPSA) is 76.2 Å². The third-order valence-electron chi connectivity index (χ3n) is 3.70. The molecule has 1 aromatic heterocycles. The van der Waals surface area contributed by atoms with Crippen molar-refractivity contribution < 1.29 is 4.79 Å². The van der Waals surface area contributed by atoms with Crippen molar-refractivity contribution in [2.75, 3.05) is 24.1 Å². The summed E-state index contributed by atoms with van der Waals surface area (Å²) in [7, 11) is 1.78. The van der Waals surface area contributed by atoms with Gasteiger partial charge in [-0.15, -0.1) is 0 Å². The number of nitrogens with one attached hydrogen (secondary N) is 1. The van der Waals surface area contributed by atoms with Gasteiger partial charge in [-0.1, -0.05) is 12.1 Å². The van der Waals surface area contributed by atoms with Crippen LogP contribution in [0.25, 0.3) is 0 Å². The first-order chi connectivity index (χ1) is 10.5. The van der Waals surface area contributed by atoms with E-state index in [1.54, 1.807) is 16.6 Å². The lowest BCUT2D eigenvalue weighted by molar-refractivity contribution is 0.0763. The number of benzene rings is 1. The number of nitrogens with two attached hydrogens (primary N) is 1. The molecule has 0 aliphatic carbocycles. The van der Waals surface area contributed by atoms with Crippen molar-refractivity contribution in [1.29, 1.82) is 0 Å². The minimum absolute atomic E-state index is 0.0369. The van der Waals surface area contributed by atoms with E-state index in [9.17, 15) is 4.79 Å². The van der Waals surface area contributed by atoms with Crippen LogP contribution in [-0.4, -0.2) is 33.7 Å². The number of nitrogens with zero attached hydrogens (tertiary/aromatic N) is 3. The van der Waals surface area contributed by atoms with Gasteiger partial charge in [0.05, 0.1) is 22.8 Å². The Bertz CT molecular complexity index is 673. The van der Waals surface area contributed by atoms with Crippen molar-refractivity contribution in [1.82, 2.24) is 14.7 Å². The van der Waals surface area contributed by atoms with E-state index in [4.69, 9.17) is 5.73 Å². The van der Waals surface area contributed by atoms with Gasteiger partial charge in [0.1, 0.15) is 5.69 Å². The lowest BCUT2D eigenvalue weighted by Crippen LogP contribution is -2.32. The van der Waals surface area contributed by atoms with Crippen LogP contribution >= 0.6 is 0 Å². The van der Waals surface area contributed by atoms with Gasteiger partial charge in [0.15, 0.2) is 0 Å². The molecular weight excluding hydrogens is 278 g/mol. The summed E-state index contributed by atoms with van der Waals surface area (Å²) in [5.74, 6) is -0.0369. The highest BCUT2D eigenvalue weighted by Crippen LogP contribution is 2.28. The van der Waals surface area contributed by atoms with Gasteiger partial charge in [-0.3, -0.25) is 9.48 Å². The average Bonchev–Trinajstić information content (AvgIpc) is 2.76. The number of hydrogen-bond acceptors (Lipinski definition) is 4. The number of aromatic nitrogens is 2. The number of aryl methyl sites for hydroxylation is 2. The highest BCUT2D eigenvalue weighted by atomic mass is 16.2. The largest absolute Gasteiger partial charge is 0.397 e. The van der Waals surface area contributed by atoms with E-state index in [0.29, 0.717) is 30.2 Å². The maximum absolute atomic E-state index is 12.7. The maximum Gasteiger partial charge on any atom is 0.274 e. The number of anilines is 3. The Labute approximate surface area is 130 Å². The van der Waals surface area contributed by atoms with Gasteiger partial charge >= 0.3 is 0 Å². The van der Waals surface area contributed by atoms with Crippen molar-refractivity contribution >= 4 is 23.0 Å². The second kappa shape index (κ2) is 6.51. The molecule has 2 aromatic rings. The molecule has 1 amide bonds. The molecule has 1 aromatic carbocycles. The first-order valence-electron chi connectivity index (χ1n) is 7.43. The molecule has 6 nitrogen and oxygen atoms in total. The predicted molar refractivity (Wildman–Crippen MR) is 89.3 cm³/mol. The molecule has 0 spiro atoms. The van der Waals surface area contributed by atoms with Crippen LogP contribution < -0.4 is 11.1 Å². The quantitative estimate of drug-likeness (QED) is 0.832. The molecule has 2 rings (SSSR count). The number of nitrogen functional groups attached to an aromatic ring is 1. The van der Waals surface area contributed by atoms with Crippen LogP contribution in [0.4, 0.5) is 17.1 Å². The molecule has 0 atom stereocenters. The monoisotopic (exact) mass is 301 g/mol. The summed E-state index contributed by atoms with van der Waals surface area (Å²) < 4.78 is 1.62. The predicted octanol–water partition coefficient (Wildman–Crippen LogP) is 2.54. The Morgan fingerprint density at radius 1 is 1.32 bits per heavy atom. The van der Waals surface area contributed by atoms with Gasteiger partial charge in [-0.05, 0) is 32.9 Å². The summed E-state index contributed by atoms with van der Waals surface area (Å²) in [4.78, 5) is 14.5. The number of rotatable bonds is 5. The van der Waals surface area contributed by atoms with E-state index in [1.807, 2.05) is 45.0 Å². The molecule has 6 heteroatoms. The molecule has 0 unspecified atom stereocenters. The lowest BCUT2D eigenvalue weighted by atomic mass is 10.2. The molecule has 0 saturated carbocycles. The molecule has 22 heavy (non-hydrogen) atoms. The molecule has 0 saturated heterocycles. The molecule has 0 bridgehead atoms. The van der Waals surface area contributed by atoms with Gasteiger partial charge in [0.2, 0.25) is 0 Å². The summed E-state index contributed by atoms with van der Waals surface area (Å²) in [6.45, 7) is 7.12. The smallest absolute Gasteiger partial charge is 0.274 e. The van der Waals surface area contributed by atoms with E-state index in [2.05, 4.69) is 10.4 Å². The van der Waals surface area contributed by atoms with Crippen LogP contribution in [-0.2, 0) is 7.05 Å². The minimum atomic E-state index is -0.0369. The van der Waals surface area contributed by atoms with E-state index in [1.165, 1.54) is 0 Å². The molecule has 0 aliphatic heterocycles. The van der Waals surface area contributed by atoms with E-state index >= 15 is 0 Å². The zero-order valence-corrected chi connectivity index (χ0v) is 13.6. The van der Waals surface area contributed by atoms with Crippen LogP contribution in [0.15, 0.2) is 24.3 Å². The summed E-state index contributed by atoms with van der Waals surface area (Å²) in [5.41, 5.74) is 9.40. The maximum atomic E-state index is 12.7. The molecule has 3 N–H and O–H groups in total. The zero-order valence-electron chi connectivity index (χ0n) is 13.6. The first-order valence-corrected chi connectivity index (χ1v) is 7.43. The number of carbonyl (C=O) groups is 1. The Kier molecular flexibility index (Phi) is 4.70. The molecule has 118 valence electrons. The fourth-order valence-electron chi connectivity index (χ4n) is 2.46. The second-order valence-corrected chi connectivity index (χ2v) is 5.12. The number of carbonyl (C=O) groups excluding carboxylic acids is 1. The molecular formula is C16H23N5O. The summed E-state index contributed by atoms with van der Waals surface area (Å²) in [5, 5.41) is 7.63. The minimum Gasteiger partial charge on any atom is -0.397 e. The number of para-hydroxylation sites is 2. The number of amides is 1. The molecule has 0 aliphatic rings. The Morgan fingerprint density at radius 3 is 2.55 bits per heavy atom. The number of hydrogen-bond donors (Lipinski definition) is 2. The van der Waals surface area contributed by atoms with Gasteiger partial charge in [-0.25, -0.2) is 0 Å². The van der Waals surface area contributed by atoms with Crippen LogP contribution in [0.3, 0.4) is 0 Å². The standard InChI is InChI=1S/C16H23N5O/c1-5-21(6-2)16(22)15-14(11(3)19-20(15)4)18-13-10-8-7-9-12(13)17/h7-10,18H,5-6,17H2,1-4H3. The molecule has 0 radical (unpaired) electrons. The average molecular weight is 301 g/mol. The fourth-order valence-corrected chi connectivity index (χ4v) is 2.46. The van der Waals surface area contributed by atoms with Crippen molar-refractivity contribution in [2.45, 2.75) is 20.8 Å². The van der Waals surface area contributed by atoms with Gasteiger partial charge in [0, 0.05) is 20.1 Å². The van der Waals surface area contributed by atoms with Crippen LogP contribution in [0.2, 0.25) is 0 Å². The van der Waals surface area contributed by atoms with E-state index in [0.717, 1.165) is 11.4 Å². The van der Waals surface area contributed by atoms with Crippen molar-refractivity contribution in [3.05, 3.63) is 35.7 Å². The molecule has 1 heterocycles. The summed E-state index contributed by atoms with van der Waals surface area (Å²) >= 11 is 0. The van der Waals surface area contributed by atoms with Crippen LogP contribution in [0.5, 0.6) is 0 Å². The highest BCUT2D eigenvalue weighted by Gasteiger charge is 2.24. The zero-order chi connectivity index (χ0) is 16.3. The normalized spacial score (nSPS) is 10.5. The Balaban J connectivity index is 2.44. The van der Waals surface area contributed by atoms with Crippen molar-refractivity contribution in [3.8, 4) is 0 Å². The van der Waals surface area contributed by atoms with Gasteiger partial charge in [-0.2, -0.15) is 5.10 Å². The SMILES string of the molecule is CCN(CC)C(=O)c1c(Nc2ccccc2N)c(C)nn1C. The van der Waals surface area contributed by atoms with Crippen LogP contribution in [0, 0.1) is 6.92 Å². The lowest BCUT2D eigenvalue weighted by Gasteiger charge is -2.20. The fraction of sp³-hybridized carbons (Fsp3) is 0.375. The van der Waals surface area contributed by atoms with Crippen molar-refractivity contribution in [2.24, 2.45) is 7.05 Å². The van der Waals surface area contributed by atoms with E-state index in [-0.39, 0.29) is 5.91 Å². The van der Waals surface area contributed by atoms with E-state index < -0.39 is 0 Å². The van der Waals surface area contributed by atoms with Crippen LogP contribution in [0.1, 0.15) is 30.0 Å². The Morgan fingerprint density at radius 2 is 1.95 bits per heavy atom. The first kappa shape index (κ1) is 15.9. The third kappa shape index (κ3) is 2.90. The highest BCUT2D eigenvalue weighted by molar-refractivity contribution is 5.99. The van der Waals surface area contributed by atoms with Crippen molar-refractivity contribution in [3.63, 3.8) is 0 Å². The summed E-state index contributed by atoms with van der Waals surface area (Å²) in [6, 6.07) is 7.47. The van der Waals surface area contributed by atoms with Gasteiger partial charge in [0.25, 0.3) is 5.91 Å². The molecule has 0 fully saturated rings.